The Morgan fingerprint density at radius 2 is 1.92 bits per heavy atom. The average molecular weight is 329 g/mol. The maximum Gasteiger partial charge on any atom is 0.410 e. The van der Waals surface area contributed by atoms with Crippen molar-refractivity contribution in [1.82, 2.24) is 4.90 Å². The maximum atomic E-state index is 12.2. The van der Waals surface area contributed by atoms with Crippen molar-refractivity contribution in [2.75, 3.05) is 31.1 Å². The van der Waals surface area contributed by atoms with Crippen molar-refractivity contribution in [2.24, 2.45) is 5.73 Å². The maximum absolute atomic E-state index is 12.2. The van der Waals surface area contributed by atoms with E-state index in [1.807, 2.05) is 33.8 Å². The van der Waals surface area contributed by atoms with Crippen LogP contribution in [0.2, 0.25) is 0 Å². The minimum Gasteiger partial charge on any atom is -0.444 e. The van der Waals surface area contributed by atoms with Gasteiger partial charge in [-0.05, 0) is 51.0 Å². The van der Waals surface area contributed by atoms with Crippen molar-refractivity contribution in [3.05, 3.63) is 28.8 Å². The summed E-state index contributed by atoms with van der Waals surface area (Å²) in [4.78, 5) is 16.2. The van der Waals surface area contributed by atoms with Gasteiger partial charge in [0.15, 0.2) is 0 Å². The van der Waals surface area contributed by atoms with E-state index in [9.17, 15) is 4.79 Å². The van der Waals surface area contributed by atoms with Gasteiger partial charge in [0.2, 0.25) is 0 Å². The largest absolute Gasteiger partial charge is 0.444 e. The van der Waals surface area contributed by atoms with Crippen molar-refractivity contribution in [3.63, 3.8) is 0 Å². The van der Waals surface area contributed by atoms with Crippen LogP contribution in [0.25, 0.3) is 0 Å². The first-order valence-corrected chi connectivity index (χ1v) is 8.28. The molecule has 1 aromatic carbocycles. The number of terminal acetylenes is 1. The summed E-state index contributed by atoms with van der Waals surface area (Å²) in [6, 6.07) is 4.06. The third kappa shape index (κ3) is 4.21. The summed E-state index contributed by atoms with van der Waals surface area (Å²) in [5.41, 5.74) is 9.41. The molecule has 1 fully saturated rings. The second-order valence-electron chi connectivity index (χ2n) is 7.09. The Labute approximate surface area is 144 Å². The van der Waals surface area contributed by atoms with E-state index >= 15 is 0 Å². The van der Waals surface area contributed by atoms with Crippen LogP contribution in [0.3, 0.4) is 0 Å². The predicted molar refractivity (Wildman–Crippen MR) is 97.0 cm³/mol. The molecule has 2 N–H and O–H groups in total. The minimum absolute atomic E-state index is 0.251. The van der Waals surface area contributed by atoms with Crippen molar-refractivity contribution < 1.29 is 9.53 Å². The molecule has 0 unspecified atom stereocenters. The van der Waals surface area contributed by atoms with E-state index in [0.717, 1.165) is 35.5 Å². The highest BCUT2D eigenvalue weighted by molar-refractivity contribution is 5.69. The number of nitrogens with two attached hydrogens (primary N) is 1. The van der Waals surface area contributed by atoms with Crippen LogP contribution in [0.4, 0.5) is 10.5 Å². The fraction of sp³-hybridized carbons (Fsp3) is 0.526. The number of ether oxygens (including phenoxy) is 1. The van der Waals surface area contributed by atoms with Crippen LogP contribution in [-0.4, -0.2) is 42.8 Å². The number of carbonyl (C=O) groups is 1. The quantitative estimate of drug-likeness (QED) is 0.847. The first kappa shape index (κ1) is 18.2. The molecular weight excluding hydrogens is 302 g/mol. The molecular formula is C19H27N3O2. The van der Waals surface area contributed by atoms with E-state index in [2.05, 4.69) is 16.9 Å². The second kappa shape index (κ2) is 7.14. The summed E-state index contributed by atoms with van der Waals surface area (Å²) in [6.45, 7) is 10.9. The van der Waals surface area contributed by atoms with Gasteiger partial charge in [-0.2, -0.15) is 0 Å². The molecule has 1 aromatic rings. The minimum atomic E-state index is -0.470. The lowest BCUT2D eigenvalue weighted by Gasteiger charge is -2.37. The van der Waals surface area contributed by atoms with Gasteiger partial charge in [-0.15, -0.1) is 6.42 Å². The Hall–Kier alpha value is -2.19. The standard InChI is InChI=1S/C19H27N3O2/c1-6-16-11-15(13-20)12-17(14(16)2)21-7-9-22(10-8-21)18(23)24-19(3,4)5/h1,11-12H,7-10,13,20H2,2-5H3. The van der Waals surface area contributed by atoms with Crippen LogP contribution >= 0.6 is 0 Å². The Kier molecular flexibility index (Phi) is 5.40. The molecule has 130 valence electrons. The van der Waals surface area contributed by atoms with Gasteiger partial charge in [0, 0.05) is 44.0 Å². The van der Waals surface area contributed by atoms with Gasteiger partial charge >= 0.3 is 6.09 Å². The van der Waals surface area contributed by atoms with E-state index in [1.54, 1.807) is 4.90 Å². The fourth-order valence-electron chi connectivity index (χ4n) is 2.81. The first-order valence-electron chi connectivity index (χ1n) is 8.28. The molecule has 0 radical (unpaired) electrons. The number of nitrogens with zero attached hydrogens (tertiary/aromatic N) is 2. The van der Waals surface area contributed by atoms with Crippen LogP contribution in [0.1, 0.15) is 37.5 Å². The van der Waals surface area contributed by atoms with Crippen molar-refractivity contribution in [2.45, 2.75) is 39.8 Å². The highest BCUT2D eigenvalue weighted by Crippen LogP contribution is 2.26. The normalized spacial score (nSPS) is 15.2. The first-order chi connectivity index (χ1) is 11.2. The molecule has 0 bridgehead atoms. The summed E-state index contributed by atoms with van der Waals surface area (Å²) in [5, 5.41) is 0. The molecule has 0 spiro atoms. The molecule has 5 heteroatoms. The lowest BCUT2D eigenvalue weighted by molar-refractivity contribution is 0.0240. The zero-order valence-corrected chi connectivity index (χ0v) is 15.1. The number of anilines is 1. The molecule has 24 heavy (non-hydrogen) atoms. The summed E-state index contributed by atoms with van der Waals surface area (Å²) >= 11 is 0. The van der Waals surface area contributed by atoms with E-state index < -0.39 is 5.60 Å². The molecule has 0 atom stereocenters. The smallest absolute Gasteiger partial charge is 0.410 e. The Morgan fingerprint density at radius 1 is 1.29 bits per heavy atom. The van der Waals surface area contributed by atoms with Crippen LogP contribution < -0.4 is 10.6 Å². The molecule has 2 rings (SSSR count). The zero-order valence-electron chi connectivity index (χ0n) is 15.1. The summed E-state index contributed by atoms with van der Waals surface area (Å²) < 4.78 is 5.44. The average Bonchev–Trinajstić information content (AvgIpc) is 2.53. The number of amides is 1. The number of rotatable bonds is 2. The van der Waals surface area contributed by atoms with E-state index in [-0.39, 0.29) is 6.09 Å². The molecule has 0 saturated carbocycles. The van der Waals surface area contributed by atoms with Crippen LogP contribution in [0, 0.1) is 19.3 Å². The van der Waals surface area contributed by atoms with Crippen molar-refractivity contribution in [1.29, 1.82) is 0 Å². The SMILES string of the molecule is C#Cc1cc(CN)cc(N2CCN(C(=O)OC(C)(C)C)CC2)c1C. The zero-order chi connectivity index (χ0) is 17.9. The third-order valence-electron chi connectivity index (χ3n) is 4.10. The van der Waals surface area contributed by atoms with E-state index in [4.69, 9.17) is 16.9 Å². The number of carbonyl (C=O) groups excluding carboxylic acids is 1. The van der Waals surface area contributed by atoms with Crippen molar-refractivity contribution in [3.8, 4) is 12.3 Å². The number of piperazine rings is 1. The Morgan fingerprint density at radius 3 is 2.42 bits per heavy atom. The van der Waals surface area contributed by atoms with Crippen molar-refractivity contribution >= 4 is 11.8 Å². The van der Waals surface area contributed by atoms with Gasteiger partial charge in [-0.3, -0.25) is 0 Å². The monoisotopic (exact) mass is 329 g/mol. The van der Waals surface area contributed by atoms with E-state index in [1.165, 1.54) is 0 Å². The van der Waals surface area contributed by atoms with Gasteiger partial charge < -0.3 is 20.3 Å². The highest BCUT2D eigenvalue weighted by Gasteiger charge is 2.26. The molecule has 1 saturated heterocycles. The van der Waals surface area contributed by atoms with Gasteiger partial charge in [-0.1, -0.05) is 5.92 Å². The summed E-state index contributed by atoms with van der Waals surface area (Å²) in [6.07, 6.45) is 5.36. The van der Waals surface area contributed by atoms with Gasteiger partial charge in [0.1, 0.15) is 5.60 Å². The van der Waals surface area contributed by atoms with Gasteiger partial charge in [0.25, 0.3) is 0 Å². The summed E-state index contributed by atoms with van der Waals surface area (Å²) in [7, 11) is 0. The molecule has 1 heterocycles. The van der Waals surface area contributed by atoms with Gasteiger partial charge in [0.05, 0.1) is 0 Å². The second-order valence-corrected chi connectivity index (χ2v) is 7.09. The van der Waals surface area contributed by atoms with E-state index in [0.29, 0.717) is 19.6 Å². The Bertz CT molecular complexity index is 648. The molecule has 1 aliphatic rings. The van der Waals surface area contributed by atoms with Crippen LogP contribution in [-0.2, 0) is 11.3 Å². The lowest BCUT2D eigenvalue weighted by Crippen LogP contribution is -2.50. The molecule has 1 amide bonds. The topological polar surface area (TPSA) is 58.8 Å². The molecule has 0 aromatic heterocycles. The number of hydrogen-bond acceptors (Lipinski definition) is 4. The lowest BCUT2D eigenvalue weighted by atomic mass is 10.0. The van der Waals surface area contributed by atoms with Crippen LogP contribution in [0.15, 0.2) is 12.1 Å². The third-order valence-corrected chi connectivity index (χ3v) is 4.10. The highest BCUT2D eigenvalue weighted by atomic mass is 16.6. The number of hydrogen-bond donors (Lipinski definition) is 1. The number of benzene rings is 1. The van der Waals surface area contributed by atoms with Crippen LogP contribution in [0.5, 0.6) is 0 Å². The van der Waals surface area contributed by atoms with Gasteiger partial charge in [-0.25, -0.2) is 4.79 Å². The molecule has 5 nitrogen and oxygen atoms in total. The fourth-order valence-corrected chi connectivity index (χ4v) is 2.81. The Balaban J connectivity index is 2.10. The summed E-state index contributed by atoms with van der Waals surface area (Å²) in [5.74, 6) is 2.74. The molecule has 0 aliphatic carbocycles. The predicted octanol–water partition coefficient (Wildman–Crippen LogP) is 2.49. The molecule has 1 aliphatic heterocycles.